The highest BCUT2D eigenvalue weighted by Gasteiger charge is 2.07. The second kappa shape index (κ2) is 5.75. The van der Waals surface area contributed by atoms with Gasteiger partial charge >= 0.3 is 0 Å². The van der Waals surface area contributed by atoms with Gasteiger partial charge in [0, 0.05) is 18.1 Å². The SMILES string of the molecule is Cc1ccccc1CNC(=O)c1cnc2ccccc2c1. The van der Waals surface area contributed by atoms with E-state index in [4.69, 9.17) is 0 Å². The number of pyridine rings is 1. The van der Waals surface area contributed by atoms with Crippen LogP contribution in [0.2, 0.25) is 0 Å². The molecule has 0 bridgehead atoms. The molecular weight excluding hydrogens is 260 g/mol. The highest BCUT2D eigenvalue weighted by atomic mass is 16.1. The van der Waals surface area contributed by atoms with Crippen molar-refractivity contribution in [3.8, 4) is 0 Å². The Morgan fingerprint density at radius 3 is 2.71 bits per heavy atom. The number of fused-ring (bicyclic) bond motifs is 1. The smallest absolute Gasteiger partial charge is 0.253 e. The molecule has 3 aromatic rings. The molecule has 0 fully saturated rings. The van der Waals surface area contributed by atoms with Crippen molar-refractivity contribution in [3.05, 3.63) is 77.5 Å². The molecular formula is C18H16N2O. The van der Waals surface area contributed by atoms with Gasteiger partial charge in [-0.05, 0) is 30.2 Å². The number of amides is 1. The summed E-state index contributed by atoms with van der Waals surface area (Å²) in [6.07, 6.45) is 1.62. The molecule has 1 N–H and O–H groups in total. The second-order valence-electron chi connectivity index (χ2n) is 5.03. The lowest BCUT2D eigenvalue weighted by molar-refractivity contribution is 0.0950. The minimum absolute atomic E-state index is 0.100. The number of benzene rings is 2. The molecule has 3 heteroatoms. The third-order valence-corrected chi connectivity index (χ3v) is 3.55. The number of aryl methyl sites for hydroxylation is 1. The lowest BCUT2D eigenvalue weighted by atomic mass is 10.1. The van der Waals surface area contributed by atoms with Crippen LogP contribution in [0.3, 0.4) is 0 Å². The average molecular weight is 276 g/mol. The number of carbonyl (C=O) groups is 1. The fourth-order valence-corrected chi connectivity index (χ4v) is 2.28. The Bertz CT molecular complexity index is 796. The molecule has 3 nitrogen and oxygen atoms in total. The van der Waals surface area contributed by atoms with E-state index in [1.807, 2.05) is 61.5 Å². The van der Waals surface area contributed by atoms with E-state index in [0.29, 0.717) is 12.1 Å². The van der Waals surface area contributed by atoms with E-state index in [2.05, 4.69) is 10.3 Å². The fourth-order valence-electron chi connectivity index (χ4n) is 2.28. The second-order valence-corrected chi connectivity index (χ2v) is 5.03. The number of rotatable bonds is 3. The van der Waals surface area contributed by atoms with Gasteiger partial charge in [0.2, 0.25) is 0 Å². The molecule has 0 saturated heterocycles. The first-order valence-electron chi connectivity index (χ1n) is 6.91. The van der Waals surface area contributed by atoms with E-state index < -0.39 is 0 Å². The van der Waals surface area contributed by atoms with Crippen LogP contribution in [0.25, 0.3) is 10.9 Å². The first-order valence-corrected chi connectivity index (χ1v) is 6.91. The van der Waals surface area contributed by atoms with Crippen molar-refractivity contribution < 1.29 is 4.79 Å². The molecule has 0 saturated carbocycles. The molecule has 1 aromatic heterocycles. The predicted molar refractivity (Wildman–Crippen MR) is 84.1 cm³/mol. The monoisotopic (exact) mass is 276 g/mol. The highest BCUT2D eigenvalue weighted by Crippen LogP contribution is 2.13. The van der Waals surface area contributed by atoms with Crippen molar-refractivity contribution in [2.75, 3.05) is 0 Å². The van der Waals surface area contributed by atoms with Gasteiger partial charge in [-0.3, -0.25) is 9.78 Å². The average Bonchev–Trinajstić information content (AvgIpc) is 2.53. The third kappa shape index (κ3) is 2.92. The first-order chi connectivity index (χ1) is 10.2. The van der Waals surface area contributed by atoms with E-state index in [-0.39, 0.29) is 5.91 Å². The number of aromatic nitrogens is 1. The summed E-state index contributed by atoms with van der Waals surface area (Å²) in [5.41, 5.74) is 3.78. The van der Waals surface area contributed by atoms with Gasteiger partial charge in [0.05, 0.1) is 11.1 Å². The standard InChI is InChI=1S/C18H16N2O/c1-13-6-2-3-8-15(13)11-20-18(21)16-10-14-7-4-5-9-17(14)19-12-16/h2-10,12H,11H2,1H3,(H,20,21). The lowest BCUT2D eigenvalue weighted by Gasteiger charge is -2.08. The van der Waals surface area contributed by atoms with E-state index >= 15 is 0 Å². The summed E-state index contributed by atoms with van der Waals surface area (Å²) in [5.74, 6) is -0.100. The van der Waals surface area contributed by atoms with E-state index in [9.17, 15) is 4.79 Å². The van der Waals surface area contributed by atoms with Crippen LogP contribution in [0.1, 0.15) is 21.5 Å². The number of nitrogens with zero attached hydrogens (tertiary/aromatic N) is 1. The minimum atomic E-state index is -0.100. The Morgan fingerprint density at radius 1 is 1.10 bits per heavy atom. The van der Waals surface area contributed by atoms with Crippen LogP contribution in [0, 0.1) is 6.92 Å². The summed E-state index contributed by atoms with van der Waals surface area (Å²) in [5, 5.41) is 3.92. The lowest BCUT2D eigenvalue weighted by Crippen LogP contribution is -2.23. The fraction of sp³-hybridized carbons (Fsp3) is 0.111. The molecule has 0 aliphatic heterocycles. The Labute approximate surface area is 123 Å². The van der Waals surface area contributed by atoms with Crippen molar-refractivity contribution in [2.45, 2.75) is 13.5 Å². The van der Waals surface area contributed by atoms with Gasteiger partial charge in [0.1, 0.15) is 0 Å². The van der Waals surface area contributed by atoms with Gasteiger partial charge in [0.15, 0.2) is 0 Å². The van der Waals surface area contributed by atoms with Crippen molar-refractivity contribution >= 4 is 16.8 Å². The molecule has 1 heterocycles. The minimum Gasteiger partial charge on any atom is -0.348 e. The van der Waals surface area contributed by atoms with Crippen LogP contribution in [0.15, 0.2) is 60.8 Å². The maximum absolute atomic E-state index is 12.2. The van der Waals surface area contributed by atoms with Crippen LogP contribution >= 0.6 is 0 Å². The Hall–Kier alpha value is -2.68. The molecule has 1 amide bonds. The summed E-state index contributed by atoms with van der Waals surface area (Å²) < 4.78 is 0. The Balaban J connectivity index is 1.76. The van der Waals surface area contributed by atoms with Gasteiger partial charge in [-0.2, -0.15) is 0 Å². The van der Waals surface area contributed by atoms with Crippen LogP contribution in [0.5, 0.6) is 0 Å². The normalized spacial score (nSPS) is 10.5. The summed E-state index contributed by atoms with van der Waals surface area (Å²) in [7, 11) is 0. The number of hydrogen-bond acceptors (Lipinski definition) is 2. The third-order valence-electron chi connectivity index (χ3n) is 3.55. The molecule has 0 atom stereocenters. The van der Waals surface area contributed by atoms with E-state index in [1.54, 1.807) is 6.20 Å². The molecule has 2 aromatic carbocycles. The van der Waals surface area contributed by atoms with Crippen LogP contribution in [0.4, 0.5) is 0 Å². The van der Waals surface area contributed by atoms with E-state index in [0.717, 1.165) is 16.5 Å². The Morgan fingerprint density at radius 2 is 1.86 bits per heavy atom. The number of hydrogen-bond donors (Lipinski definition) is 1. The van der Waals surface area contributed by atoms with Crippen molar-refractivity contribution in [1.29, 1.82) is 0 Å². The van der Waals surface area contributed by atoms with Crippen molar-refractivity contribution in [3.63, 3.8) is 0 Å². The number of para-hydroxylation sites is 1. The van der Waals surface area contributed by atoms with Crippen molar-refractivity contribution in [2.24, 2.45) is 0 Å². The van der Waals surface area contributed by atoms with Crippen molar-refractivity contribution in [1.82, 2.24) is 10.3 Å². The number of carbonyl (C=O) groups excluding carboxylic acids is 1. The molecule has 0 aliphatic rings. The molecule has 0 radical (unpaired) electrons. The van der Waals surface area contributed by atoms with Gasteiger partial charge in [-0.25, -0.2) is 0 Å². The number of nitrogens with one attached hydrogen (secondary N) is 1. The molecule has 104 valence electrons. The van der Waals surface area contributed by atoms with Crippen LogP contribution in [-0.4, -0.2) is 10.9 Å². The van der Waals surface area contributed by atoms with Gasteiger partial charge < -0.3 is 5.32 Å². The molecule has 0 unspecified atom stereocenters. The Kier molecular flexibility index (Phi) is 3.65. The summed E-state index contributed by atoms with van der Waals surface area (Å²) >= 11 is 0. The first kappa shape index (κ1) is 13.3. The van der Waals surface area contributed by atoms with Gasteiger partial charge in [-0.15, -0.1) is 0 Å². The summed E-state index contributed by atoms with van der Waals surface area (Å²) in [4.78, 5) is 16.5. The van der Waals surface area contributed by atoms with Gasteiger partial charge in [0.25, 0.3) is 5.91 Å². The maximum atomic E-state index is 12.2. The van der Waals surface area contributed by atoms with Crippen LogP contribution < -0.4 is 5.32 Å². The highest BCUT2D eigenvalue weighted by molar-refractivity contribution is 5.97. The maximum Gasteiger partial charge on any atom is 0.253 e. The zero-order valence-electron chi connectivity index (χ0n) is 11.8. The van der Waals surface area contributed by atoms with E-state index in [1.165, 1.54) is 5.56 Å². The van der Waals surface area contributed by atoms with Crippen LogP contribution in [-0.2, 0) is 6.54 Å². The quantitative estimate of drug-likeness (QED) is 0.796. The predicted octanol–water partition coefficient (Wildman–Crippen LogP) is 3.47. The molecule has 0 spiro atoms. The molecule has 0 aliphatic carbocycles. The molecule has 21 heavy (non-hydrogen) atoms. The topological polar surface area (TPSA) is 42.0 Å². The largest absolute Gasteiger partial charge is 0.348 e. The molecule has 3 rings (SSSR count). The van der Waals surface area contributed by atoms with Gasteiger partial charge in [-0.1, -0.05) is 42.5 Å². The zero-order valence-corrected chi connectivity index (χ0v) is 11.8. The zero-order chi connectivity index (χ0) is 14.7. The summed E-state index contributed by atoms with van der Waals surface area (Å²) in [6.45, 7) is 2.57. The summed E-state index contributed by atoms with van der Waals surface area (Å²) in [6, 6.07) is 17.7.